The number of ether oxygens (including phenoxy) is 1. The number of unbranched alkanes of at least 4 members (excludes halogenated alkanes) is 11. The molecule has 0 saturated carbocycles. The maximum Gasteiger partial charge on any atom is 0.298 e. The van der Waals surface area contributed by atoms with E-state index >= 15 is 0 Å². The van der Waals surface area contributed by atoms with E-state index in [1.165, 1.54) is 64.2 Å². The second-order valence-corrected chi connectivity index (χ2v) is 10.6. The molecule has 2 aromatic carbocycles. The second-order valence-electron chi connectivity index (χ2n) is 9.20. The van der Waals surface area contributed by atoms with Gasteiger partial charge in [0, 0.05) is 5.39 Å². The smallest absolute Gasteiger partial charge is 0.298 e. The van der Waals surface area contributed by atoms with Crippen LogP contribution in [0.3, 0.4) is 0 Å². The molecule has 1 N–H and O–H groups in total. The summed E-state index contributed by atoms with van der Waals surface area (Å²) in [6, 6.07) is 9.48. The van der Waals surface area contributed by atoms with Crippen LogP contribution in [0.15, 0.2) is 35.2 Å². The lowest BCUT2D eigenvalue weighted by Crippen LogP contribution is -2.12. The van der Waals surface area contributed by atoms with Crippen molar-refractivity contribution in [1.29, 1.82) is 0 Å². The summed E-state index contributed by atoms with van der Waals surface area (Å²) in [7, 11) is -4.39. The zero-order chi connectivity index (χ0) is 23.4. The van der Waals surface area contributed by atoms with Gasteiger partial charge in [0.2, 0.25) is 0 Å². The molecule has 0 aliphatic rings. The molecule has 4 nitrogen and oxygen atoms in total. The van der Waals surface area contributed by atoms with Gasteiger partial charge in [-0.1, -0.05) is 102 Å². The van der Waals surface area contributed by atoms with Crippen molar-refractivity contribution in [3.63, 3.8) is 0 Å². The van der Waals surface area contributed by atoms with Crippen LogP contribution in [0.25, 0.3) is 10.8 Å². The summed E-state index contributed by atoms with van der Waals surface area (Å²) in [5, 5.41) is 1.65. The quantitative estimate of drug-likeness (QED) is 0.202. The van der Waals surface area contributed by atoms with E-state index in [2.05, 4.69) is 6.92 Å². The van der Waals surface area contributed by atoms with Gasteiger partial charge in [-0.25, -0.2) is 0 Å². The highest BCUT2D eigenvalue weighted by molar-refractivity contribution is 7.86. The summed E-state index contributed by atoms with van der Waals surface area (Å²) in [5.41, 5.74) is 0.647. The van der Waals surface area contributed by atoms with Gasteiger partial charge < -0.3 is 4.74 Å². The summed E-state index contributed by atoms with van der Waals surface area (Å²) in [4.78, 5) is -0.0621. The molecule has 0 heterocycles. The Hall–Kier alpha value is -1.59. The molecule has 0 amide bonds. The van der Waals surface area contributed by atoms with Crippen LogP contribution in [0.1, 0.15) is 103 Å². The third-order valence-electron chi connectivity index (χ3n) is 5.94. The van der Waals surface area contributed by atoms with Crippen LogP contribution in [0.5, 0.6) is 5.75 Å². The lowest BCUT2D eigenvalue weighted by Gasteiger charge is -2.19. The lowest BCUT2D eigenvalue weighted by molar-refractivity contribution is 0.238. The van der Waals surface area contributed by atoms with Gasteiger partial charge in [-0.15, -0.1) is 0 Å². The molecule has 0 unspecified atom stereocenters. The zero-order valence-corrected chi connectivity index (χ0v) is 21.1. The molecule has 5 heteroatoms. The molecule has 0 aliphatic heterocycles. The van der Waals surface area contributed by atoms with E-state index in [0.717, 1.165) is 18.2 Å². The SMILES string of the molecule is CCCCCCCCCCCCCCc1cc2ccccc2c(OC(C)C)c1S(=O)(=O)O. The Kier molecular flexibility index (Phi) is 11.5. The van der Waals surface area contributed by atoms with Crippen molar-refractivity contribution in [2.75, 3.05) is 0 Å². The summed E-state index contributed by atoms with van der Waals surface area (Å²) in [6.45, 7) is 5.97. The topological polar surface area (TPSA) is 63.6 Å². The second kappa shape index (κ2) is 13.8. The molecule has 0 aliphatic carbocycles. The van der Waals surface area contributed by atoms with E-state index < -0.39 is 10.1 Å². The summed E-state index contributed by atoms with van der Waals surface area (Å²) in [6.07, 6.45) is 15.5. The van der Waals surface area contributed by atoms with E-state index in [1.807, 2.05) is 44.2 Å². The number of hydrogen-bond acceptors (Lipinski definition) is 3. The highest BCUT2D eigenvalue weighted by Gasteiger charge is 2.25. The van der Waals surface area contributed by atoms with E-state index in [9.17, 15) is 13.0 Å². The van der Waals surface area contributed by atoms with Crippen LogP contribution in [0.4, 0.5) is 0 Å². The molecular weight excluding hydrogens is 420 g/mol. The van der Waals surface area contributed by atoms with E-state index in [0.29, 0.717) is 17.4 Å². The first-order valence-electron chi connectivity index (χ1n) is 12.5. The standard InChI is InChI=1S/C27H42O4S/c1-4-5-6-7-8-9-10-11-12-13-14-15-19-24-21-23-18-16-17-20-25(23)26(31-22(2)3)27(24)32(28,29)30/h16-18,20-22H,4-15,19H2,1-3H3,(H,28,29,30). The van der Waals surface area contributed by atoms with E-state index in [4.69, 9.17) is 4.74 Å². The Morgan fingerprint density at radius 3 is 1.91 bits per heavy atom. The average Bonchev–Trinajstić information content (AvgIpc) is 2.73. The van der Waals surface area contributed by atoms with Crippen LogP contribution in [0.2, 0.25) is 0 Å². The molecule has 0 fully saturated rings. The molecule has 0 spiro atoms. The summed E-state index contributed by atoms with van der Waals surface area (Å²) < 4.78 is 40.5. The molecule has 180 valence electrons. The number of fused-ring (bicyclic) bond motifs is 1. The van der Waals surface area contributed by atoms with Gasteiger partial charge in [-0.05, 0) is 43.7 Å². The van der Waals surface area contributed by atoms with Gasteiger partial charge in [0.1, 0.15) is 10.6 Å². The minimum Gasteiger partial charge on any atom is -0.489 e. The van der Waals surface area contributed by atoms with Gasteiger partial charge in [0.25, 0.3) is 10.1 Å². The normalized spacial score (nSPS) is 12.0. The van der Waals surface area contributed by atoms with E-state index in [1.54, 1.807) is 0 Å². The third kappa shape index (κ3) is 8.74. The number of benzene rings is 2. The molecule has 2 rings (SSSR count). The minimum absolute atomic E-state index is 0.0621. The summed E-state index contributed by atoms with van der Waals surface area (Å²) >= 11 is 0. The van der Waals surface area contributed by atoms with Crippen molar-refractivity contribution in [3.8, 4) is 5.75 Å². The molecule has 2 aromatic rings. The first-order chi connectivity index (χ1) is 15.3. The molecule has 0 saturated heterocycles. The Bertz CT molecular complexity index is 919. The van der Waals surface area contributed by atoms with Gasteiger partial charge in [0.15, 0.2) is 0 Å². The van der Waals surface area contributed by atoms with Crippen molar-refractivity contribution in [1.82, 2.24) is 0 Å². The van der Waals surface area contributed by atoms with Crippen LogP contribution < -0.4 is 4.74 Å². The predicted molar refractivity (Wildman–Crippen MR) is 134 cm³/mol. The maximum absolute atomic E-state index is 12.3. The van der Waals surface area contributed by atoms with Crippen molar-refractivity contribution in [2.24, 2.45) is 0 Å². The number of aryl methyl sites for hydroxylation is 1. The third-order valence-corrected chi connectivity index (χ3v) is 6.91. The van der Waals surface area contributed by atoms with Gasteiger partial charge in [-0.2, -0.15) is 8.42 Å². The highest BCUT2D eigenvalue weighted by Crippen LogP contribution is 2.37. The Morgan fingerprint density at radius 2 is 1.38 bits per heavy atom. The zero-order valence-electron chi connectivity index (χ0n) is 20.2. The van der Waals surface area contributed by atoms with Gasteiger partial charge in [-0.3, -0.25) is 4.55 Å². The van der Waals surface area contributed by atoms with Crippen LogP contribution in [-0.2, 0) is 16.5 Å². The molecule has 32 heavy (non-hydrogen) atoms. The predicted octanol–water partition coefficient (Wildman–Crippen LogP) is 8.12. The number of rotatable bonds is 16. The lowest BCUT2D eigenvalue weighted by atomic mass is 10.00. The van der Waals surface area contributed by atoms with Crippen molar-refractivity contribution in [2.45, 2.75) is 115 Å². The Morgan fingerprint density at radius 1 is 0.844 bits per heavy atom. The average molecular weight is 463 g/mol. The molecular formula is C27H42O4S. The van der Waals surface area contributed by atoms with Crippen LogP contribution in [0, 0.1) is 0 Å². The van der Waals surface area contributed by atoms with Gasteiger partial charge >= 0.3 is 0 Å². The minimum atomic E-state index is -4.39. The first kappa shape index (κ1) is 26.7. The van der Waals surface area contributed by atoms with Crippen molar-refractivity contribution >= 4 is 20.9 Å². The highest BCUT2D eigenvalue weighted by atomic mass is 32.2. The molecule has 0 bridgehead atoms. The molecule has 0 atom stereocenters. The van der Waals surface area contributed by atoms with Crippen molar-refractivity contribution < 1.29 is 17.7 Å². The van der Waals surface area contributed by atoms with E-state index in [-0.39, 0.29) is 16.7 Å². The largest absolute Gasteiger partial charge is 0.489 e. The van der Waals surface area contributed by atoms with Crippen molar-refractivity contribution in [3.05, 3.63) is 35.9 Å². The fraction of sp³-hybridized carbons (Fsp3) is 0.630. The van der Waals surface area contributed by atoms with Crippen LogP contribution >= 0.6 is 0 Å². The first-order valence-corrected chi connectivity index (χ1v) is 14.0. The Labute approximate surface area is 195 Å². The number of hydrogen-bond donors (Lipinski definition) is 1. The molecule has 0 radical (unpaired) electrons. The van der Waals surface area contributed by atoms with Crippen LogP contribution in [-0.4, -0.2) is 19.1 Å². The fourth-order valence-corrected chi connectivity index (χ4v) is 5.21. The Balaban J connectivity index is 1.92. The molecule has 0 aromatic heterocycles. The fourth-order valence-electron chi connectivity index (χ4n) is 4.33. The van der Waals surface area contributed by atoms with Gasteiger partial charge in [0.05, 0.1) is 6.10 Å². The maximum atomic E-state index is 12.3. The monoisotopic (exact) mass is 462 g/mol. The summed E-state index contributed by atoms with van der Waals surface area (Å²) in [5.74, 6) is 0.273.